The average molecular weight is 213 g/mol. The fourth-order valence-corrected chi connectivity index (χ4v) is 1.20. The minimum atomic E-state index is -2.58. The topological polar surface area (TPSA) is 60.5 Å². The van der Waals surface area contributed by atoms with Crippen molar-refractivity contribution in [1.29, 1.82) is 0 Å². The molecule has 1 unspecified atom stereocenters. The largest absolute Gasteiger partial charge is 0.370 e. The molecule has 82 valence electrons. The normalized spacial score (nSPS) is 39.8. The van der Waals surface area contributed by atoms with Crippen molar-refractivity contribution >= 4 is 6.34 Å². The van der Waals surface area contributed by atoms with E-state index in [0.717, 1.165) is 11.9 Å². The number of fused-ring (bicyclic) bond motifs is 1. The van der Waals surface area contributed by atoms with E-state index in [2.05, 4.69) is 16.9 Å². The molecule has 2 rings (SSSR count). The monoisotopic (exact) mass is 213 g/mol. The summed E-state index contributed by atoms with van der Waals surface area (Å²) in [5.41, 5.74) is 0.860. The predicted molar refractivity (Wildman–Crippen MR) is 61.0 cm³/mol. The first-order valence-corrected chi connectivity index (χ1v) is 4.67. The van der Waals surface area contributed by atoms with Gasteiger partial charge in [-0.25, -0.2) is 4.99 Å². The quantitative estimate of drug-likeness (QED) is 0.489. The minimum Gasteiger partial charge on any atom is -0.370 e. The standard InChI is InChI=1S/C10H17N5/c1-7(2)3-4-11-9-8-10(13-5-12-8)15-6-14-9/h5,10-11,14-15H,1,3-4,6H2,2H3,(H,12,13)/i6D2,10D/hD3. The van der Waals surface area contributed by atoms with Crippen molar-refractivity contribution in [3.05, 3.63) is 23.7 Å². The second-order valence-corrected chi connectivity index (χ2v) is 3.35. The zero-order chi connectivity index (χ0) is 16.0. The van der Waals surface area contributed by atoms with E-state index < -0.39 is 12.8 Å². The summed E-state index contributed by atoms with van der Waals surface area (Å²) in [6.45, 7) is 3.41. The number of nitrogens with one attached hydrogen (secondary N) is 4. The lowest BCUT2D eigenvalue weighted by atomic mass is 10.2. The molecule has 1 atom stereocenters. The molecule has 0 aromatic carbocycles. The highest BCUT2D eigenvalue weighted by Gasteiger charge is 2.24. The van der Waals surface area contributed by atoms with E-state index >= 15 is 0 Å². The summed E-state index contributed by atoms with van der Waals surface area (Å²) < 4.78 is 47.2. The molecule has 0 amide bonds. The SMILES string of the molecule is [2H]N1C(NCCC(=C)C)=C2N=CN([2H])C2([2H])N([2H])C1([2H])[2H]. The van der Waals surface area contributed by atoms with Crippen molar-refractivity contribution < 1.29 is 8.35 Å². The molecule has 0 saturated heterocycles. The van der Waals surface area contributed by atoms with Gasteiger partial charge < -0.3 is 15.9 Å². The Balaban J connectivity index is 2.41. The maximum absolute atomic E-state index is 8.23. The summed E-state index contributed by atoms with van der Waals surface area (Å²) in [4.78, 5) is 3.89. The summed E-state index contributed by atoms with van der Waals surface area (Å²) in [6, 6.07) is 0. The molecule has 0 saturated carbocycles. The molecular formula is C10H17N5. The summed E-state index contributed by atoms with van der Waals surface area (Å²) in [7, 11) is 0. The van der Waals surface area contributed by atoms with Gasteiger partial charge in [0.2, 0.25) is 0 Å². The van der Waals surface area contributed by atoms with Crippen molar-refractivity contribution in [2.24, 2.45) is 4.99 Å². The number of hydrogen-bond acceptors (Lipinski definition) is 5. The average Bonchev–Trinajstić information content (AvgIpc) is 2.69. The van der Waals surface area contributed by atoms with Crippen molar-refractivity contribution in [2.45, 2.75) is 19.5 Å². The highest BCUT2D eigenvalue weighted by Crippen LogP contribution is 2.12. The zero-order valence-corrected chi connectivity index (χ0v) is 8.49. The molecule has 4 N–H and O–H groups in total. The lowest BCUT2D eigenvalue weighted by Gasteiger charge is -2.25. The third kappa shape index (κ3) is 2.30. The molecule has 2 aliphatic heterocycles. The third-order valence-corrected chi connectivity index (χ3v) is 1.96. The van der Waals surface area contributed by atoms with Crippen LogP contribution >= 0.6 is 0 Å². The molecule has 0 radical (unpaired) electrons. The van der Waals surface area contributed by atoms with Crippen LogP contribution in [-0.4, -0.2) is 25.6 Å². The first kappa shape index (κ1) is 5.03. The molecule has 0 bridgehead atoms. The Morgan fingerprint density at radius 2 is 2.87 bits per heavy atom. The van der Waals surface area contributed by atoms with Crippen LogP contribution < -0.4 is 21.2 Å². The summed E-state index contributed by atoms with van der Waals surface area (Å²) in [5, 5.41) is 4.16. The van der Waals surface area contributed by atoms with Crippen molar-refractivity contribution in [1.82, 2.24) is 21.2 Å². The van der Waals surface area contributed by atoms with Crippen LogP contribution in [-0.2, 0) is 0 Å². The number of rotatable bonds is 4. The fraction of sp³-hybridized carbons (Fsp3) is 0.500. The van der Waals surface area contributed by atoms with Gasteiger partial charge in [0.05, 0.1) is 17.1 Å². The van der Waals surface area contributed by atoms with E-state index in [1.807, 2.05) is 6.92 Å². The smallest absolute Gasteiger partial charge is 0.163 e. The van der Waals surface area contributed by atoms with Gasteiger partial charge in [-0.05, 0) is 13.3 Å². The van der Waals surface area contributed by atoms with Crippen molar-refractivity contribution in [3.8, 4) is 0 Å². The maximum atomic E-state index is 8.23. The van der Waals surface area contributed by atoms with Crippen LogP contribution in [0.3, 0.4) is 0 Å². The van der Waals surface area contributed by atoms with Gasteiger partial charge in [0.15, 0.2) is 2.82 Å². The first-order chi connectivity index (χ1) is 9.63. The minimum absolute atomic E-state index is 0.0225. The Labute approximate surface area is 98.3 Å². The van der Waals surface area contributed by atoms with Crippen molar-refractivity contribution in [2.75, 3.05) is 13.2 Å². The second kappa shape index (κ2) is 4.35. The van der Waals surface area contributed by atoms with E-state index in [9.17, 15) is 0 Å². The molecule has 5 heteroatoms. The molecular weight excluding hydrogens is 190 g/mol. The Kier molecular flexibility index (Phi) is 1.46. The van der Waals surface area contributed by atoms with Gasteiger partial charge in [-0.2, -0.15) is 0 Å². The van der Waals surface area contributed by atoms with Crippen LogP contribution in [0.2, 0.25) is 4.24 Å². The van der Waals surface area contributed by atoms with E-state index in [-0.39, 0.29) is 16.8 Å². The molecule has 0 fully saturated rings. The maximum Gasteiger partial charge on any atom is 0.163 e. The Morgan fingerprint density at radius 1 is 2.00 bits per heavy atom. The number of nitrogens with zero attached hydrogens (tertiary/aromatic N) is 1. The van der Waals surface area contributed by atoms with E-state index in [0.29, 0.717) is 23.6 Å². The van der Waals surface area contributed by atoms with Gasteiger partial charge in [0, 0.05) is 6.54 Å². The lowest BCUT2D eigenvalue weighted by Crippen LogP contribution is -2.51. The van der Waals surface area contributed by atoms with Gasteiger partial charge in [-0.3, -0.25) is 5.31 Å². The summed E-state index contributed by atoms with van der Waals surface area (Å²) in [6.07, 6.45) is -0.496. The Bertz CT molecular complexity index is 520. The Hall–Kier alpha value is -1.49. The molecule has 2 heterocycles. The fourth-order valence-electron chi connectivity index (χ4n) is 1.20. The van der Waals surface area contributed by atoms with Gasteiger partial charge in [0.25, 0.3) is 0 Å². The van der Waals surface area contributed by atoms with Gasteiger partial charge in [-0.1, -0.05) is 5.57 Å². The van der Waals surface area contributed by atoms with Crippen LogP contribution in [0.5, 0.6) is 0 Å². The van der Waals surface area contributed by atoms with E-state index in [1.54, 1.807) is 0 Å². The van der Waals surface area contributed by atoms with Crippen molar-refractivity contribution in [3.63, 3.8) is 0 Å². The molecule has 2 aliphatic rings. The Morgan fingerprint density at radius 3 is 3.67 bits per heavy atom. The van der Waals surface area contributed by atoms with Crippen LogP contribution in [0, 0.1) is 0 Å². The molecule has 0 spiro atoms. The summed E-state index contributed by atoms with van der Waals surface area (Å²) >= 11 is 0. The summed E-state index contributed by atoms with van der Waals surface area (Å²) in [5.74, 6) is -0.0225. The highest BCUT2D eigenvalue weighted by atomic mass is 15.3. The second-order valence-electron chi connectivity index (χ2n) is 3.35. The number of hydrogen-bond donors (Lipinski definition) is 4. The predicted octanol–water partition coefficient (Wildman–Crippen LogP) is -0.181. The zero-order valence-electron chi connectivity index (χ0n) is 14.5. The third-order valence-electron chi connectivity index (χ3n) is 1.96. The van der Waals surface area contributed by atoms with E-state index in [1.165, 1.54) is 0 Å². The van der Waals surface area contributed by atoms with E-state index in [4.69, 9.17) is 8.35 Å². The molecule has 0 aromatic heterocycles. The lowest BCUT2D eigenvalue weighted by molar-refractivity contribution is 0.472. The van der Waals surface area contributed by atoms with Gasteiger partial charge in [-0.15, -0.1) is 6.58 Å². The molecule has 0 aliphatic carbocycles. The van der Waals surface area contributed by atoms with Gasteiger partial charge >= 0.3 is 0 Å². The molecule has 15 heavy (non-hydrogen) atoms. The number of aliphatic imine (C=N–C) groups is 1. The van der Waals surface area contributed by atoms with Gasteiger partial charge in [0.1, 0.15) is 19.1 Å². The van der Waals surface area contributed by atoms with Crippen LogP contribution in [0.1, 0.15) is 17.5 Å². The highest BCUT2D eigenvalue weighted by molar-refractivity contribution is 5.62. The van der Waals surface area contributed by atoms with Crippen LogP contribution in [0.4, 0.5) is 0 Å². The first-order valence-electron chi connectivity index (χ1n) is 7.51. The van der Waals surface area contributed by atoms with Crippen LogP contribution in [0.15, 0.2) is 28.7 Å². The molecule has 5 nitrogen and oxygen atoms in total. The molecule has 0 aromatic rings. The van der Waals surface area contributed by atoms with Crippen LogP contribution in [0.25, 0.3) is 0 Å².